The maximum absolute atomic E-state index is 13.0. The SMILES string of the molecule is CCNCC1CCN(C(=O)C(Cc2ccccc2)C(C)C)CC1.Cl. The molecule has 1 unspecified atom stereocenters. The number of carbonyl (C=O) groups excluding carboxylic acids is 1. The van der Waals surface area contributed by atoms with Gasteiger partial charge in [-0.2, -0.15) is 0 Å². The zero-order valence-electron chi connectivity index (χ0n) is 15.3. The number of halogens is 1. The molecule has 0 saturated carbocycles. The first-order valence-electron chi connectivity index (χ1n) is 9.15. The average molecular weight is 353 g/mol. The van der Waals surface area contributed by atoms with E-state index >= 15 is 0 Å². The minimum Gasteiger partial charge on any atom is -0.342 e. The third-order valence-electron chi connectivity index (χ3n) is 5.03. The van der Waals surface area contributed by atoms with Crippen molar-refractivity contribution in [3.05, 3.63) is 35.9 Å². The number of nitrogens with one attached hydrogen (secondary N) is 1. The lowest BCUT2D eigenvalue weighted by Gasteiger charge is -2.35. The Kier molecular flexibility index (Phi) is 9.38. The molecule has 3 nitrogen and oxygen atoms in total. The van der Waals surface area contributed by atoms with Gasteiger partial charge in [0.25, 0.3) is 0 Å². The largest absolute Gasteiger partial charge is 0.342 e. The van der Waals surface area contributed by atoms with Crippen LogP contribution in [0.4, 0.5) is 0 Å². The van der Waals surface area contributed by atoms with E-state index < -0.39 is 0 Å². The van der Waals surface area contributed by atoms with Gasteiger partial charge in [0.1, 0.15) is 0 Å². The summed E-state index contributed by atoms with van der Waals surface area (Å²) in [5, 5.41) is 3.43. The minimum atomic E-state index is 0. The van der Waals surface area contributed by atoms with E-state index in [1.165, 1.54) is 5.56 Å². The molecule has 0 spiro atoms. The Balaban J connectivity index is 0.00000288. The van der Waals surface area contributed by atoms with E-state index in [1.54, 1.807) is 0 Å². The van der Waals surface area contributed by atoms with Crippen molar-refractivity contribution in [3.63, 3.8) is 0 Å². The number of amides is 1. The molecule has 24 heavy (non-hydrogen) atoms. The van der Waals surface area contributed by atoms with Gasteiger partial charge in [-0.15, -0.1) is 12.4 Å². The zero-order chi connectivity index (χ0) is 16.7. The monoisotopic (exact) mass is 352 g/mol. The van der Waals surface area contributed by atoms with Crippen molar-refractivity contribution < 1.29 is 4.79 Å². The molecule has 2 rings (SSSR count). The topological polar surface area (TPSA) is 32.3 Å². The lowest BCUT2D eigenvalue weighted by Crippen LogP contribution is -2.45. The van der Waals surface area contributed by atoms with Gasteiger partial charge >= 0.3 is 0 Å². The van der Waals surface area contributed by atoms with Crippen LogP contribution in [0.25, 0.3) is 0 Å². The number of carbonyl (C=O) groups is 1. The summed E-state index contributed by atoms with van der Waals surface area (Å²) in [5.74, 6) is 1.56. The number of benzene rings is 1. The fraction of sp³-hybridized carbons (Fsp3) is 0.650. The summed E-state index contributed by atoms with van der Waals surface area (Å²) in [6.45, 7) is 10.5. The number of likely N-dealkylation sites (tertiary alicyclic amines) is 1. The molecule has 1 aromatic carbocycles. The molecule has 0 aromatic heterocycles. The van der Waals surface area contributed by atoms with E-state index in [-0.39, 0.29) is 18.3 Å². The van der Waals surface area contributed by atoms with Gasteiger partial charge in [0.05, 0.1) is 0 Å². The molecule has 1 aliphatic rings. The second-order valence-corrected chi connectivity index (χ2v) is 7.12. The van der Waals surface area contributed by atoms with E-state index in [9.17, 15) is 4.79 Å². The predicted molar refractivity (Wildman–Crippen MR) is 104 cm³/mol. The molecule has 0 bridgehead atoms. The van der Waals surface area contributed by atoms with Crippen molar-refractivity contribution in [1.82, 2.24) is 10.2 Å². The fourth-order valence-corrected chi connectivity index (χ4v) is 3.42. The van der Waals surface area contributed by atoms with Crippen molar-refractivity contribution >= 4 is 18.3 Å². The van der Waals surface area contributed by atoms with E-state index in [4.69, 9.17) is 0 Å². The van der Waals surface area contributed by atoms with Crippen LogP contribution < -0.4 is 5.32 Å². The van der Waals surface area contributed by atoms with Crippen LogP contribution in [0.5, 0.6) is 0 Å². The van der Waals surface area contributed by atoms with Crippen LogP contribution in [0.2, 0.25) is 0 Å². The van der Waals surface area contributed by atoms with E-state index in [1.807, 2.05) is 6.07 Å². The summed E-state index contributed by atoms with van der Waals surface area (Å²) in [4.78, 5) is 15.1. The normalized spacial score (nSPS) is 16.8. The van der Waals surface area contributed by atoms with Gasteiger partial charge in [0.2, 0.25) is 5.91 Å². The van der Waals surface area contributed by atoms with Gasteiger partial charge in [-0.3, -0.25) is 4.79 Å². The molecule has 1 heterocycles. The predicted octanol–water partition coefficient (Wildman–Crippen LogP) is 3.77. The van der Waals surface area contributed by atoms with Crippen molar-refractivity contribution in [2.75, 3.05) is 26.2 Å². The summed E-state index contributed by atoms with van der Waals surface area (Å²) in [7, 11) is 0. The van der Waals surface area contributed by atoms with Crippen molar-refractivity contribution in [1.29, 1.82) is 0 Å². The number of hydrogen-bond donors (Lipinski definition) is 1. The molecule has 1 aliphatic heterocycles. The van der Waals surface area contributed by atoms with E-state index in [2.05, 4.69) is 55.3 Å². The van der Waals surface area contributed by atoms with Crippen LogP contribution in [0.15, 0.2) is 30.3 Å². The summed E-state index contributed by atoms with van der Waals surface area (Å²) < 4.78 is 0. The minimum absolute atomic E-state index is 0. The maximum atomic E-state index is 13.0. The second-order valence-electron chi connectivity index (χ2n) is 7.12. The highest BCUT2D eigenvalue weighted by molar-refractivity contribution is 5.85. The first-order valence-corrected chi connectivity index (χ1v) is 9.15. The first kappa shape index (κ1) is 21.0. The molecule has 136 valence electrons. The zero-order valence-corrected chi connectivity index (χ0v) is 16.1. The molecule has 0 aliphatic carbocycles. The molecular formula is C20H33ClN2O. The Bertz CT molecular complexity index is 470. The Morgan fingerprint density at radius 3 is 2.38 bits per heavy atom. The molecule has 0 radical (unpaired) electrons. The molecule has 1 saturated heterocycles. The summed E-state index contributed by atoms with van der Waals surface area (Å²) in [6, 6.07) is 10.4. The van der Waals surface area contributed by atoms with Crippen LogP contribution in [-0.2, 0) is 11.2 Å². The summed E-state index contributed by atoms with van der Waals surface area (Å²) in [5.41, 5.74) is 1.27. The smallest absolute Gasteiger partial charge is 0.226 e. The quantitative estimate of drug-likeness (QED) is 0.810. The highest BCUT2D eigenvalue weighted by Crippen LogP contribution is 2.24. The Morgan fingerprint density at radius 1 is 1.21 bits per heavy atom. The third kappa shape index (κ3) is 6.10. The van der Waals surface area contributed by atoms with Crippen molar-refractivity contribution in [2.45, 2.75) is 40.0 Å². The van der Waals surface area contributed by atoms with Gasteiger partial charge in [-0.1, -0.05) is 51.1 Å². The lowest BCUT2D eigenvalue weighted by molar-refractivity contribution is -0.138. The lowest BCUT2D eigenvalue weighted by atomic mass is 9.86. The van der Waals surface area contributed by atoms with Crippen molar-refractivity contribution in [3.8, 4) is 0 Å². The van der Waals surface area contributed by atoms with Crippen LogP contribution in [0.3, 0.4) is 0 Å². The van der Waals surface area contributed by atoms with Crippen LogP contribution in [0.1, 0.15) is 39.2 Å². The van der Waals surface area contributed by atoms with Crippen molar-refractivity contribution in [2.24, 2.45) is 17.8 Å². The molecule has 1 atom stereocenters. The maximum Gasteiger partial charge on any atom is 0.226 e. The molecule has 1 N–H and O–H groups in total. The number of hydrogen-bond acceptors (Lipinski definition) is 2. The summed E-state index contributed by atoms with van der Waals surface area (Å²) in [6.07, 6.45) is 3.12. The van der Waals surface area contributed by atoms with Gasteiger partial charge in [-0.05, 0) is 49.8 Å². The van der Waals surface area contributed by atoms with Crippen LogP contribution in [0, 0.1) is 17.8 Å². The number of piperidine rings is 1. The van der Waals surface area contributed by atoms with Crippen LogP contribution >= 0.6 is 12.4 Å². The van der Waals surface area contributed by atoms with E-state index in [0.717, 1.165) is 51.4 Å². The molecule has 1 aromatic rings. The number of nitrogens with zero attached hydrogens (tertiary/aromatic N) is 1. The fourth-order valence-electron chi connectivity index (χ4n) is 3.42. The molecular weight excluding hydrogens is 320 g/mol. The van der Waals surface area contributed by atoms with Gasteiger partial charge < -0.3 is 10.2 Å². The molecule has 1 amide bonds. The molecule has 1 fully saturated rings. The van der Waals surface area contributed by atoms with E-state index in [0.29, 0.717) is 11.8 Å². The third-order valence-corrected chi connectivity index (χ3v) is 5.03. The Labute approximate surface area is 153 Å². The highest BCUT2D eigenvalue weighted by Gasteiger charge is 2.30. The highest BCUT2D eigenvalue weighted by atomic mass is 35.5. The van der Waals surface area contributed by atoms with Gasteiger partial charge in [0, 0.05) is 19.0 Å². The first-order chi connectivity index (χ1) is 11.1. The standard InChI is InChI=1S/C20H32N2O.ClH/c1-4-21-15-18-10-12-22(13-11-18)20(23)19(16(2)3)14-17-8-6-5-7-9-17;/h5-9,16,18-19,21H,4,10-15H2,1-3H3;1H. The number of rotatable bonds is 7. The Morgan fingerprint density at radius 2 is 1.83 bits per heavy atom. The Hall–Kier alpha value is -1.06. The van der Waals surface area contributed by atoms with Crippen LogP contribution in [-0.4, -0.2) is 37.0 Å². The average Bonchev–Trinajstić information content (AvgIpc) is 2.58. The van der Waals surface area contributed by atoms with Gasteiger partial charge in [-0.25, -0.2) is 0 Å². The summed E-state index contributed by atoms with van der Waals surface area (Å²) >= 11 is 0. The van der Waals surface area contributed by atoms with Gasteiger partial charge in [0.15, 0.2) is 0 Å². The molecule has 4 heteroatoms. The second kappa shape index (κ2) is 10.7.